The molecule has 26 heavy (non-hydrogen) atoms. The van der Waals surface area contributed by atoms with Crippen LogP contribution in [0.1, 0.15) is 12.8 Å². The zero-order valence-corrected chi connectivity index (χ0v) is 14.5. The molecular weight excluding hydrogens is 334 g/mol. The monoisotopic (exact) mass is 354 g/mol. The van der Waals surface area contributed by atoms with E-state index < -0.39 is 11.6 Å². The molecule has 0 spiro atoms. The van der Waals surface area contributed by atoms with Crippen LogP contribution in [0.4, 0.5) is 14.7 Å². The lowest BCUT2D eigenvalue weighted by atomic mass is 10.0. The summed E-state index contributed by atoms with van der Waals surface area (Å²) in [5, 5.41) is 4.01. The molecule has 3 aromatic rings. The SMILES string of the molecule is CNC1CCN(c2nc(-c3cccc(F)c3F)c3ccccc3n2)CC1. The normalized spacial score (nSPS) is 15.6. The van der Waals surface area contributed by atoms with Gasteiger partial charge in [-0.3, -0.25) is 0 Å². The van der Waals surface area contributed by atoms with E-state index in [1.165, 1.54) is 6.07 Å². The number of hydrogen-bond donors (Lipinski definition) is 1. The Hall–Kier alpha value is -2.60. The number of halogens is 2. The van der Waals surface area contributed by atoms with E-state index in [1.807, 2.05) is 31.3 Å². The first kappa shape index (κ1) is 16.8. The van der Waals surface area contributed by atoms with Crippen molar-refractivity contribution in [3.05, 3.63) is 54.1 Å². The molecule has 1 N–H and O–H groups in total. The Bertz CT molecular complexity index is 936. The fourth-order valence-electron chi connectivity index (χ4n) is 3.47. The van der Waals surface area contributed by atoms with Gasteiger partial charge in [-0.25, -0.2) is 18.7 Å². The molecule has 0 saturated carbocycles. The van der Waals surface area contributed by atoms with Crippen LogP contribution in [0.25, 0.3) is 22.2 Å². The highest BCUT2D eigenvalue weighted by Crippen LogP contribution is 2.31. The van der Waals surface area contributed by atoms with Gasteiger partial charge < -0.3 is 10.2 Å². The first-order valence-corrected chi connectivity index (χ1v) is 8.80. The molecule has 6 heteroatoms. The Morgan fingerprint density at radius 3 is 2.54 bits per heavy atom. The number of nitrogens with one attached hydrogen (secondary N) is 1. The lowest BCUT2D eigenvalue weighted by Gasteiger charge is -2.32. The third-order valence-corrected chi connectivity index (χ3v) is 4.98. The van der Waals surface area contributed by atoms with E-state index in [4.69, 9.17) is 0 Å². The molecule has 0 radical (unpaired) electrons. The van der Waals surface area contributed by atoms with Crippen LogP contribution in [0.2, 0.25) is 0 Å². The molecule has 4 rings (SSSR count). The lowest BCUT2D eigenvalue weighted by Crippen LogP contribution is -2.41. The average molecular weight is 354 g/mol. The number of nitrogens with zero attached hydrogens (tertiary/aromatic N) is 3. The highest BCUT2D eigenvalue weighted by atomic mass is 19.2. The maximum atomic E-state index is 14.4. The third-order valence-electron chi connectivity index (χ3n) is 4.98. The van der Waals surface area contributed by atoms with Crippen molar-refractivity contribution in [2.45, 2.75) is 18.9 Å². The van der Waals surface area contributed by atoms with Gasteiger partial charge in [0.05, 0.1) is 11.2 Å². The molecule has 1 aliphatic rings. The van der Waals surface area contributed by atoms with Crippen LogP contribution in [-0.4, -0.2) is 36.1 Å². The first-order chi connectivity index (χ1) is 12.7. The topological polar surface area (TPSA) is 41.0 Å². The molecule has 0 bridgehead atoms. The van der Waals surface area contributed by atoms with Gasteiger partial charge in [-0.1, -0.05) is 24.3 Å². The maximum absolute atomic E-state index is 14.4. The summed E-state index contributed by atoms with van der Waals surface area (Å²) in [4.78, 5) is 11.4. The van der Waals surface area contributed by atoms with Gasteiger partial charge in [0.15, 0.2) is 11.6 Å². The summed E-state index contributed by atoms with van der Waals surface area (Å²) >= 11 is 0. The Morgan fingerprint density at radius 2 is 1.77 bits per heavy atom. The van der Waals surface area contributed by atoms with E-state index in [0.29, 0.717) is 23.1 Å². The number of hydrogen-bond acceptors (Lipinski definition) is 4. The third kappa shape index (κ3) is 3.01. The Kier molecular flexibility index (Phi) is 4.51. The Balaban J connectivity index is 1.83. The van der Waals surface area contributed by atoms with Crippen molar-refractivity contribution in [2.24, 2.45) is 0 Å². The van der Waals surface area contributed by atoms with Crippen LogP contribution in [0.3, 0.4) is 0 Å². The summed E-state index contributed by atoms with van der Waals surface area (Å²) in [7, 11) is 1.97. The second-order valence-corrected chi connectivity index (χ2v) is 6.54. The number of para-hydroxylation sites is 1. The molecule has 1 fully saturated rings. The van der Waals surface area contributed by atoms with E-state index in [-0.39, 0.29) is 5.56 Å². The van der Waals surface area contributed by atoms with E-state index in [1.54, 1.807) is 6.07 Å². The molecule has 0 unspecified atom stereocenters. The average Bonchev–Trinajstić information content (AvgIpc) is 2.69. The van der Waals surface area contributed by atoms with Gasteiger partial charge in [0.2, 0.25) is 5.95 Å². The number of piperidine rings is 1. The van der Waals surface area contributed by atoms with Crippen molar-refractivity contribution in [3.63, 3.8) is 0 Å². The highest BCUT2D eigenvalue weighted by molar-refractivity contribution is 5.93. The van der Waals surface area contributed by atoms with Gasteiger partial charge >= 0.3 is 0 Å². The summed E-state index contributed by atoms with van der Waals surface area (Å²) in [6, 6.07) is 12.1. The summed E-state index contributed by atoms with van der Waals surface area (Å²) in [5.74, 6) is -1.19. The van der Waals surface area contributed by atoms with Crippen LogP contribution >= 0.6 is 0 Å². The Labute approximate surface area is 150 Å². The molecule has 0 aliphatic carbocycles. The van der Waals surface area contributed by atoms with Crippen molar-refractivity contribution in [3.8, 4) is 11.3 Å². The fraction of sp³-hybridized carbons (Fsp3) is 0.300. The van der Waals surface area contributed by atoms with Crippen molar-refractivity contribution < 1.29 is 8.78 Å². The standard InChI is InChI=1S/C20H20F2N4/c1-23-13-9-11-26(12-10-13)20-24-17-8-3-2-5-14(17)19(25-20)15-6-4-7-16(21)18(15)22/h2-8,13,23H,9-12H2,1H3. The first-order valence-electron chi connectivity index (χ1n) is 8.80. The number of aromatic nitrogens is 2. The maximum Gasteiger partial charge on any atom is 0.226 e. The second-order valence-electron chi connectivity index (χ2n) is 6.54. The number of anilines is 1. The van der Waals surface area contributed by atoms with Gasteiger partial charge in [-0.15, -0.1) is 0 Å². The molecule has 134 valence electrons. The predicted octanol–water partition coefficient (Wildman–Crippen LogP) is 3.76. The van der Waals surface area contributed by atoms with E-state index in [0.717, 1.165) is 37.5 Å². The molecule has 1 aromatic heterocycles. The van der Waals surface area contributed by atoms with Crippen LogP contribution in [0.5, 0.6) is 0 Å². The number of rotatable bonds is 3. The number of fused-ring (bicyclic) bond motifs is 1. The second kappa shape index (κ2) is 6.96. The zero-order chi connectivity index (χ0) is 18.1. The van der Waals surface area contributed by atoms with Gasteiger partial charge in [-0.05, 0) is 38.1 Å². The minimum absolute atomic E-state index is 0.162. The fourth-order valence-corrected chi connectivity index (χ4v) is 3.47. The summed E-state index contributed by atoms with van der Waals surface area (Å²) in [6.07, 6.45) is 1.99. The van der Waals surface area contributed by atoms with E-state index in [9.17, 15) is 8.78 Å². The molecule has 4 nitrogen and oxygen atoms in total. The minimum atomic E-state index is -0.879. The van der Waals surface area contributed by atoms with Crippen molar-refractivity contribution in [1.82, 2.24) is 15.3 Å². The van der Waals surface area contributed by atoms with Gasteiger partial charge in [0.25, 0.3) is 0 Å². The van der Waals surface area contributed by atoms with Crippen molar-refractivity contribution in [2.75, 3.05) is 25.0 Å². The smallest absolute Gasteiger partial charge is 0.226 e. The van der Waals surface area contributed by atoms with Crippen molar-refractivity contribution in [1.29, 1.82) is 0 Å². The quantitative estimate of drug-likeness (QED) is 0.777. The molecule has 2 aromatic carbocycles. The minimum Gasteiger partial charge on any atom is -0.341 e. The molecule has 2 heterocycles. The summed E-state index contributed by atoms with van der Waals surface area (Å²) < 4.78 is 28.2. The molecule has 1 saturated heterocycles. The predicted molar refractivity (Wildman–Crippen MR) is 99.2 cm³/mol. The van der Waals surface area contributed by atoms with Gasteiger partial charge in [-0.2, -0.15) is 0 Å². The Morgan fingerprint density at radius 1 is 1.00 bits per heavy atom. The molecule has 0 amide bonds. The van der Waals surface area contributed by atoms with Crippen molar-refractivity contribution >= 4 is 16.9 Å². The molecule has 0 atom stereocenters. The zero-order valence-electron chi connectivity index (χ0n) is 14.5. The van der Waals surface area contributed by atoms with Gasteiger partial charge in [0.1, 0.15) is 0 Å². The summed E-state index contributed by atoms with van der Waals surface area (Å²) in [6.45, 7) is 1.66. The number of benzene rings is 2. The van der Waals surface area contributed by atoms with Gasteiger partial charge in [0, 0.05) is 30.1 Å². The van der Waals surface area contributed by atoms with E-state index in [2.05, 4.69) is 20.2 Å². The van der Waals surface area contributed by atoms with Crippen LogP contribution in [0.15, 0.2) is 42.5 Å². The van der Waals surface area contributed by atoms with Crippen LogP contribution < -0.4 is 10.2 Å². The highest BCUT2D eigenvalue weighted by Gasteiger charge is 2.22. The molecule has 1 aliphatic heterocycles. The van der Waals surface area contributed by atoms with Crippen LogP contribution in [-0.2, 0) is 0 Å². The van der Waals surface area contributed by atoms with Crippen LogP contribution in [0, 0.1) is 11.6 Å². The van der Waals surface area contributed by atoms with E-state index >= 15 is 0 Å². The summed E-state index contributed by atoms with van der Waals surface area (Å²) in [5.41, 5.74) is 1.32. The largest absolute Gasteiger partial charge is 0.341 e. The molecular formula is C20H20F2N4. The lowest BCUT2D eigenvalue weighted by molar-refractivity contribution is 0.439.